The van der Waals surface area contributed by atoms with E-state index in [2.05, 4.69) is 52.6 Å². The van der Waals surface area contributed by atoms with Crippen LogP contribution in [0.5, 0.6) is 0 Å². The second-order valence-corrected chi connectivity index (χ2v) is 8.48. The molecule has 1 saturated carbocycles. The van der Waals surface area contributed by atoms with Crippen molar-refractivity contribution in [3.05, 3.63) is 48.2 Å². The largest absolute Gasteiger partial charge is 0.311 e. The summed E-state index contributed by atoms with van der Waals surface area (Å²) >= 11 is 0. The van der Waals surface area contributed by atoms with Crippen LogP contribution in [0.15, 0.2) is 42.6 Å². The Bertz CT molecular complexity index is 758. The molecule has 1 aliphatic carbocycles. The van der Waals surface area contributed by atoms with Gasteiger partial charge in [-0.15, -0.1) is 0 Å². The summed E-state index contributed by atoms with van der Waals surface area (Å²) in [5, 5.41) is 7.68. The monoisotopic (exact) mass is 380 g/mol. The van der Waals surface area contributed by atoms with Gasteiger partial charge in [0.25, 0.3) is 0 Å². The summed E-state index contributed by atoms with van der Waals surface area (Å²) in [7, 11) is 0. The Labute approximate surface area is 168 Å². The van der Waals surface area contributed by atoms with Crippen molar-refractivity contribution in [3.63, 3.8) is 0 Å². The molecular weight excluding hydrogens is 348 g/mol. The average Bonchev–Trinajstić information content (AvgIpc) is 3.41. The number of carbonyl (C=O) groups is 1. The molecule has 0 radical (unpaired) electrons. The maximum absolute atomic E-state index is 12.5. The van der Waals surface area contributed by atoms with Crippen LogP contribution in [0.4, 0.5) is 5.82 Å². The molecule has 0 unspecified atom stereocenters. The number of nitrogens with one attached hydrogen (secondary N) is 1. The van der Waals surface area contributed by atoms with E-state index in [9.17, 15) is 4.79 Å². The summed E-state index contributed by atoms with van der Waals surface area (Å²) in [6, 6.07) is 13.1. The Hall–Kier alpha value is -2.14. The molecular formula is C23H32N4O. The molecule has 150 valence electrons. The Balaban J connectivity index is 1.30. The van der Waals surface area contributed by atoms with E-state index in [0.29, 0.717) is 12.0 Å². The number of nitrogens with zero attached hydrogens (tertiary/aromatic N) is 3. The third kappa shape index (κ3) is 4.46. The summed E-state index contributed by atoms with van der Waals surface area (Å²) in [5.74, 6) is 1.77. The molecule has 28 heavy (non-hydrogen) atoms. The van der Waals surface area contributed by atoms with Gasteiger partial charge in [-0.05, 0) is 37.2 Å². The third-order valence-electron chi connectivity index (χ3n) is 6.45. The van der Waals surface area contributed by atoms with Crippen LogP contribution in [0.3, 0.4) is 0 Å². The average molecular weight is 381 g/mol. The number of anilines is 1. The van der Waals surface area contributed by atoms with Crippen molar-refractivity contribution in [1.29, 1.82) is 0 Å². The van der Waals surface area contributed by atoms with Gasteiger partial charge in [0.15, 0.2) is 0 Å². The first-order valence-electron chi connectivity index (χ1n) is 10.8. The molecule has 1 N–H and O–H groups in total. The molecule has 2 aromatic rings. The van der Waals surface area contributed by atoms with Gasteiger partial charge in [-0.3, -0.25) is 4.79 Å². The molecule has 1 aliphatic heterocycles. The normalized spacial score (nSPS) is 20.3. The highest BCUT2D eigenvalue weighted by Crippen LogP contribution is 2.29. The molecule has 2 fully saturated rings. The predicted octanol–water partition coefficient (Wildman–Crippen LogP) is 4.45. The highest BCUT2D eigenvalue weighted by atomic mass is 16.2. The van der Waals surface area contributed by atoms with Crippen LogP contribution < -0.4 is 5.32 Å². The van der Waals surface area contributed by atoms with E-state index in [0.717, 1.165) is 51.1 Å². The molecule has 1 aromatic carbocycles. The van der Waals surface area contributed by atoms with Gasteiger partial charge in [-0.2, -0.15) is 5.10 Å². The number of hydrogen-bond acceptors (Lipinski definition) is 3. The molecule has 0 bridgehead atoms. The topological polar surface area (TPSA) is 50.2 Å². The van der Waals surface area contributed by atoms with Crippen molar-refractivity contribution in [3.8, 4) is 0 Å². The summed E-state index contributed by atoms with van der Waals surface area (Å²) in [6.07, 6.45) is 8.38. The van der Waals surface area contributed by atoms with Gasteiger partial charge in [0.2, 0.25) is 5.91 Å². The van der Waals surface area contributed by atoms with Crippen LogP contribution in [0.2, 0.25) is 0 Å². The number of benzene rings is 1. The lowest BCUT2D eigenvalue weighted by Gasteiger charge is -2.34. The van der Waals surface area contributed by atoms with Gasteiger partial charge in [0, 0.05) is 31.6 Å². The van der Waals surface area contributed by atoms with Gasteiger partial charge < -0.3 is 10.2 Å². The van der Waals surface area contributed by atoms with Gasteiger partial charge in [-0.1, -0.05) is 50.1 Å². The Kier molecular flexibility index (Phi) is 6.10. The molecule has 5 nitrogen and oxygen atoms in total. The maximum atomic E-state index is 12.5. The molecule has 2 aliphatic rings. The number of hydrogen-bond donors (Lipinski definition) is 1. The fraction of sp³-hybridized carbons (Fsp3) is 0.565. The van der Waals surface area contributed by atoms with Crippen LogP contribution in [-0.4, -0.2) is 40.2 Å². The van der Waals surface area contributed by atoms with Crippen LogP contribution in [0.25, 0.3) is 0 Å². The minimum Gasteiger partial charge on any atom is -0.311 e. The lowest BCUT2D eigenvalue weighted by molar-refractivity contribution is -0.119. The van der Waals surface area contributed by atoms with E-state index in [1.807, 2.05) is 16.9 Å². The number of carbonyl (C=O) groups excluding carboxylic acids is 1. The maximum Gasteiger partial charge on any atom is 0.228 e. The van der Waals surface area contributed by atoms with Crippen molar-refractivity contribution in [2.45, 2.75) is 57.4 Å². The third-order valence-corrected chi connectivity index (χ3v) is 6.45. The van der Waals surface area contributed by atoms with Crippen LogP contribution >= 0.6 is 0 Å². The van der Waals surface area contributed by atoms with Gasteiger partial charge >= 0.3 is 0 Å². The molecule has 5 heteroatoms. The number of rotatable bonds is 6. The SMILES string of the molecule is C[C@H](CN1CCC(n2nccc2NC(=O)C2CCCC2)CC1)c1ccccc1. The molecule has 1 amide bonds. The fourth-order valence-electron chi connectivity index (χ4n) is 4.74. The zero-order chi connectivity index (χ0) is 19.3. The summed E-state index contributed by atoms with van der Waals surface area (Å²) in [6.45, 7) is 5.57. The number of aromatic nitrogens is 2. The van der Waals surface area contributed by atoms with Gasteiger partial charge in [0.05, 0.1) is 12.2 Å². The van der Waals surface area contributed by atoms with E-state index < -0.39 is 0 Å². The van der Waals surface area contributed by atoms with E-state index in [1.165, 1.54) is 18.4 Å². The van der Waals surface area contributed by atoms with Crippen LogP contribution in [0, 0.1) is 5.92 Å². The Morgan fingerprint density at radius 1 is 1.11 bits per heavy atom. The van der Waals surface area contributed by atoms with Crippen molar-refractivity contribution in [2.24, 2.45) is 5.92 Å². The second kappa shape index (κ2) is 8.91. The second-order valence-electron chi connectivity index (χ2n) is 8.48. The van der Waals surface area contributed by atoms with Crippen LogP contribution in [-0.2, 0) is 4.79 Å². The van der Waals surface area contributed by atoms with Crippen molar-refractivity contribution in [1.82, 2.24) is 14.7 Å². The van der Waals surface area contributed by atoms with E-state index in [-0.39, 0.29) is 11.8 Å². The van der Waals surface area contributed by atoms with Crippen molar-refractivity contribution >= 4 is 11.7 Å². The Morgan fingerprint density at radius 3 is 2.54 bits per heavy atom. The molecule has 4 rings (SSSR count). The lowest BCUT2D eigenvalue weighted by atomic mass is 9.98. The summed E-state index contributed by atoms with van der Waals surface area (Å²) < 4.78 is 2.05. The van der Waals surface area contributed by atoms with E-state index in [4.69, 9.17) is 0 Å². The molecule has 1 saturated heterocycles. The van der Waals surface area contributed by atoms with Gasteiger partial charge in [-0.25, -0.2) is 4.68 Å². The van der Waals surface area contributed by atoms with E-state index >= 15 is 0 Å². The van der Waals surface area contributed by atoms with E-state index in [1.54, 1.807) is 0 Å². The smallest absolute Gasteiger partial charge is 0.228 e. The quantitative estimate of drug-likeness (QED) is 0.805. The molecule has 1 atom stereocenters. The van der Waals surface area contributed by atoms with Gasteiger partial charge in [0.1, 0.15) is 5.82 Å². The number of piperidine rings is 1. The molecule has 1 aromatic heterocycles. The highest BCUT2D eigenvalue weighted by molar-refractivity contribution is 5.91. The summed E-state index contributed by atoms with van der Waals surface area (Å²) in [5.41, 5.74) is 1.41. The predicted molar refractivity (Wildman–Crippen MR) is 112 cm³/mol. The zero-order valence-corrected chi connectivity index (χ0v) is 16.9. The zero-order valence-electron chi connectivity index (χ0n) is 16.9. The first kappa shape index (κ1) is 19.2. The van der Waals surface area contributed by atoms with Crippen LogP contribution in [0.1, 0.15) is 63.0 Å². The molecule has 0 spiro atoms. The minimum atomic E-state index is 0.174. The lowest BCUT2D eigenvalue weighted by Crippen LogP contribution is -2.37. The van der Waals surface area contributed by atoms with Crippen molar-refractivity contribution < 1.29 is 4.79 Å². The van der Waals surface area contributed by atoms with Crippen molar-refractivity contribution in [2.75, 3.05) is 25.0 Å². The number of amides is 1. The first-order valence-corrected chi connectivity index (χ1v) is 10.8. The standard InChI is InChI=1S/C23H32N4O/c1-18(19-7-3-2-4-8-19)17-26-15-12-21(13-16-26)27-22(11-14-24-27)25-23(28)20-9-5-6-10-20/h2-4,7-8,11,14,18,20-21H,5-6,9-10,12-13,15-17H2,1H3,(H,25,28)/t18-/m1/s1. The fourth-order valence-corrected chi connectivity index (χ4v) is 4.74. The molecule has 2 heterocycles. The minimum absolute atomic E-state index is 0.174. The Morgan fingerprint density at radius 2 is 1.82 bits per heavy atom. The highest BCUT2D eigenvalue weighted by Gasteiger charge is 2.26. The first-order chi connectivity index (χ1) is 13.7. The number of likely N-dealkylation sites (tertiary alicyclic amines) is 1. The summed E-state index contributed by atoms with van der Waals surface area (Å²) in [4.78, 5) is 15.1.